The number of halogens is 4. The summed E-state index contributed by atoms with van der Waals surface area (Å²) in [6.07, 6.45) is 0.326. The minimum atomic E-state index is -2.80. The Bertz CT molecular complexity index is 468. The SMILES string of the molecule is CCN(CC)C(=O)CN1CCCN(C(=O)C2CC(F)(F)CN2)CC1.Cl.Cl. The first-order valence-electron chi connectivity index (χ1n) is 8.76. The highest BCUT2D eigenvalue weighted by atomic mass is 35.5. The van der Waals surface area contributed by atoms with Crippen molar-refractivity contribution in [1.82, 2.24) is 20.0 Å². The van der Waals surface area contributed by atoms with Crippen molar-refractivity contribution in [3.05, 3.63) is 0 Å². The van der Waals surface area contributed by atoms with Crippen LogP contribution < -0.4 is 5.32 Å². The maximum Gasteiger partial charge on any atom is 0.262 e. The number of alkyl halides is 2. The van der Waals surface area contributed by atoms with E-state index in [4.69, 9.17) is 0 Å². The van der Waals surface area contributed by atoms with E-state index in [1.54, 1.807) is 9.80 Å². The highest BCUT2D eigenvalue weighted by Gasteiger charge is 2.43. The molecule has 2 saturated heterocycles. The molecule has 10 heteroatoms. The van der Waals surface area contributed by atoms with Crippen LogP contribution in [0, 0.1) is 0 Å². The molecule has 1 N–H and O–H groups in total. The molecule has 0 bridgehead atoms. The van der Waals surface area contributed by atoms with E-state index in [0.717, 1.165) is 13.0 Å². The highest BCUT2D eigenvalue weighted by molar-refractivity contribution is 5.85. The Hall–Kier alpha value is -0.700. The van der Waals surface area contributed by atoms with Gasteiger partial charge in [0.2, 0.25) is 11.8 Å². The third kappa shape index (κ3) is 6.79. The zero-order valence-corrected chi connectivity index (χ0v) is 17.0. The first-order chi connectivity index (χ1) is 11.4. The molecule has 26 heavy (non-hydrogen) atoms. The van der Waals surface area contributed by atoms with Gasteiger partial charge >= 0.3 is 0 Å². The number of likely N-dealkylation sites (N-methyl/N-ethyl adjacent to an activating group) is 1. The second kappa shape index (κ2) is 11.2. The Balaban J connectivity index is 0.00000312. The van der Waals surface area contributed by atoms with Gasteiger partial charge in [0.25, 0.3) is 5.92 Å². The van der Waals surface area contributed by atoms with Crippen molar-refractivity contribution < 1.29 is 18.4 Å². The van der Waals surface area contributed by atoms with Gasteiger partial charge in [-0.15, -0.1) is 24.8 Å². The lowest BCUT2D eigenvalue weighted by molar-refractivity contribution is -0.133. The van der Waals surface area contributed by atoms with Crippen molar-refractivity contribution in [2.75, 3.05) is 52.4 Å². The molecular weight excluding hydrogens is 389 g/mol. The van der Waals surface area contributed by atoms with E-state index in [0.29, 0.717) is 39.3 Å². The molecule has 0 saturated carbocycles. The standard InChI is InChI=1S/C16H28F2N4O2.2ClH/c1-3-21(4-2)14(23)11-20-6-5-7-22(9-8-20)15(24)13-10-16(17,18)12-19-13;;/h13,19H,3-12H2,1-2H3;2*1H. The van der Waals surface area contributed by atoms with Crippen molar-refractivity contribution in [3.63, 3.8) is 0 Å². The quantitative estimate of drug-likeness (QED) is 0.729. The summed E-state index contributed by atoms with van der Waals surface area (Å²) in [6.45, 7) is 7.58. The van der Waals surface area contributed by atoms with Crippen molar-refractivity contribution >= 4 is 36.6 Å². The van der Waals surface area contributed by atoms with Gasteiger partial charge in [-0.1, -0.05) is 0 Å². The molecule has 2 aliphatic rings. The molecule has 1 atom stereocenters. The van der Waals surface area contributed by atoms with Crippen LogP contribution in [0.4, 0.5) is 8.78 Å². The maximum atomic E-state index is 13.3. The summed E-state index contributed by atoms with van der Waals surface area (Å²) in [7, 11) is 0. The fourth-order valence-electron chi connectivity index (χ4n) is 3.33. The number of amides is 2. The second-order valence-corrected chi connectivity index (χ2v) is 6.51. The third-order valence-electron chi connectivity index (χ3n) is 4.78. The molecule has 2 rings (SSSR count). The van der Waals surface area contributed by atoms with Crippen LogP contribution in [0.2, 0.25) is 0 Å². The van der Waals surface area contributed by atoms with E-state index in [1.807, 2.05) is 18.7 Å². The van der Waals surface area contributed by atoms with Gasteiger partial charge in [0.15, 0.2) is 0 Å². The van der Waals surface area contributed by atoms with Gasteiger partial charge in [0, 0.05) is 45.7 Å². The van der Waals surface area contributed by atoms with Crippen LogP contribution in [0.3, 0.4) is 0 Å². The fraction of sp³-hybridized carbons (Fsp3) is 0.875. The van der Waals surface area contributed by atoms with Gasteiger partial charge in [-0.25, -0.2) is 8.78 Å². The monoisotopic (exact) mass is 418 g/mol. The van der Waals surface area contributed by atoms with E-state index in [9.17, 15) is 18.4 Å². The van der Waals surface area contributed by atoms with Crippen LogP contribution in [0.25, 0.3) is 0 Å². The summed E-state index contributed by atoms with van der Waals surface area (Å²) < 4.78 is 26.5. The van der Waals surface area contributed by atoms with E-state index in [2.05, 4.69) is 5.32 Å². The van der Waals surface area contributed by atoms with Gasteiger partial charge in [-0.3, -0.25) is 19.8 Å². The zero-order chi connectivity index (χ0) is 17.7. The first-order valence-corrected chi connectivity index (χ1v) is 8.76. The third-order valence-corrected chi connectivity index (χ3v) is 4.78. The lowest BCUT2D eigenvalue weighted by Crippen LogP contribution is -2.45. The summed E-state index contributed by atoms with van der Waals surface area (Å²) >= 11 is 0. The maximum absolute atomic E-state index is 13.3. The largest absolute Gasteiger partial charge is 0.342 e. The summed E-state index contributed by atoms with van der Waals surface area (Å²) in [6, 6.07) is -0.788. The minimum Gasteiger partial charge on any atom is -0.342 e. The second-order valence-electron chi connectivity index (χ2n) is 6.51. The predicted molar refractivity (Wildman–Crippen MR) is 101 cm³/mol. The van der Waals surface area contributed by atoms with Crippen molar-refractivity contribution in [2.24, 2.45) is 0 Å². The summed E-state index contributed by atoms with van der Waals surface area (Å²) in [5.41, 5.74) is 0. The Kier molecular flexibility index (Phi) is 10.9. The molecule has 0 aromatic carbocycles. The van der Waals surface area contributed by atoms with E-state index >= 15 is 0 Å². The molecule has 6 nitrogen and oxygen atoms in total. The van der Waals surface area contributed by atoms with Crippen LogP contribution >= 0.6 is 24.8 Å². The van der Waals surface area contributed by atoms with Crippen LogP contribution in [-0.4, -0.2) is 90.8 Å². The van der Waals surface area contributed by atoms with Crippen LogP contribution in [0.15, 0.2) is 0 Å². The Morgan fingerprint density at radius 3 is 2.31 bits per heavy atom. The fourth-order valence-corrected chi connectivity index (χ4v) is 3.33. The number of hydrogen-bond donors (Lipinski definition) is 1. The molecule has 0 aliphatic carbocycles. The minimum absolute atomic E-state index is 0. The Morgan fingerprint density at radius 1 is 1.12 bits per heavy atom. The Labute approximate surface area is 166 Å². The Morgan fingerprint density at radius 2 is 1.77 bits per heavy atom. The number of carbonyl (C=O) groups excluding carboxylic acids is 2. The van der Waals surface area contributed by atoms with Crippen LogP contribution in [-0.2, 0) is 9.59 Å². The van der Waals surface area contributed by atoms with Gasteiger partial charge in [0.05, 0.1) is 19.1 Å². The number of nitrogens with zero attached hydrogens (tertiary/aromatic N) is 3. The zero-order valence-electron chi connectivity index (χ0n) is 15.4. The van der Waals surface area contributed by atoms with Crippen LogP contribution in [0.5, 0.6) is 0 Å². The average molecular weight is 419 g/mol. The molecule has 1 unspecified atom stereocenters. The summed E-state index contributed by atoms with van der Waals surface area (Å²) in [5, 5.41) is 2.62. The molecule has 0 aromatic rings. The van der Waals surface area contributed by atoms with Crippen LogP contribution in [0.1, 0.15) is 26.7 Å². The molecule has 0 spiro atoms. The van der Waals surface area contributed by atoms with Gasteiger partial charge < -0.3 is 9.80 Å². The highest BCUT2D eigenvalue weighted by Crippen LogP contribution is 2.26. The molecule has 2 amide bonds. The number of carbonyl (C=O) groups is 2. The predicted octanol–water partition coefficient (Wildman–Crippen LogP) is 1.23. The summed E-state index contributed by atoms with van der Waals surface area (Å²) in [5.74, 6) is -2.95. The van der Waals surface area contributed by atoms with Crippen molar-refractivity contribution in [1.29, 1.82) is 0 Å². The van der Waals surface area contributed by atoms with E-state index in [1.165, 1.54) is 0 Å². The van der Waals surface area contributed by atoms with Crippen molar-refractivity contribution in [2.45, 2.75) is 38.7 Å². The molecule has 2 fully saturated rings. The first kappa shape index (κ1) is 25.3. The average Bonchev–Trinajstić information content (AvgIpc) is 2.75. The molecular formula is C16H30Cl2F2N4O2. The van der Waals surface area contributed by atoms with E-state index in [-0.39, 0.29) is 36.6 Å². The molecule has 0 aromatic heterocycles. The summed E-state index contributed by atoms with van der Waals surface area (Å²) in [4.78, 5) is 30.1. The van der Waals surface area contributed by atoms with Gasteiger partial charge in [-0.2, -0.15) is 0 Å². The van der Waals surface area contributed by atoms with Crippen molar-refractivity contribution in [3.8, 4) is 0 Å². The number of hydrogen-bond acceptors (Lipinski definition) is 4. The molecule has 2 aliphatic heterocycles. The molecule has 2 heterocycles. The smallest absolute Gasteiger partial charge is 0.262 e. The topological polar surface area (TPSA) is 55.9 Å². The molecule has 0 radical (unpaired) electrons. The lowest BCUT2D eigenvalue weighted by atomic mass is 10.1. The van der Waals surface area contributed by atoms with E-state index < -0.39 is 24.9 Å². The number of nitrogens with one attached hydrogen (secondary N) is 1. The van der Waals surface area contributed by atoms with Gasteiger partial charge in [-0.05, 0) is 20.3 Å². The normalized spacial score (nSPS) is 22.8. The molecule has 154 valence electrons. The van der Waals surface area contributed by atoms with Gasteiger partial charge in [0.1, 0.15) is 0 Å². The lowest BCUT2D eigenvalue weighted by Gasteiger charge is -2.26. The number of rotatable bonds is 5.